The van der Waals surface area contributed by atoms with Gasteiger partial charge in [-0.25, -0.2) is 4.68 Å². The lowest BCUT2D eigenvalue weighted by molar-refractivity contribution is -0.121. The van der Waals surface area contributed by atoms with Gasteiger partial charge in [-0.05, 0) is 37.3 Å². The highest BCUT2D eigenvalue weighted by atomic mass is 16.5. The molecule has 0 N–H and O–H groups in total. The van der Waals surface area contributed by atoms with Crippen molar-refractivity contribution in [1.29, 1.82) is 0 Å². The lowest BCUT2D eigenvalue weighted by atomic mass is 10.1. The number of hydrogen-bond donors (Lipinski definition) is 0. The third-order valence-corrected chi connectivity index (χ3v) is 4.25. The van der Waals surface area contributed by atoms with Crippen LogP contribution < -0.4 is 9.64 Å². The van der Waals surface area contributed by atoms with Crippen LogP contribution in [0, 0.1) is 0 Å². The van der Waals surface area contributed by atoms with E-state index < -0.39 is 0 Å². The highest BCUT2D eigenvalue weighted by Gasteiger charge is 2.25. The van der Waals surface area contributed by atoms with Gasteiger partial charge in [0.2, 0.25) is 0 Å². The Bertz CT molecular complexity index is 979. The number of aromatic nitrogens is 3. The highest BCUT2D eigenvalue weighted by Crippen LogP contribution is 2.33. The average Bonchev–Trinajstić information content (AvgIpc) is 3.04. The predicted molar refractivity (Wildman–Crippen MR) is 91.8 cm³/mol. The molecule has 0 saturated carbocycles. The van der Waals surface area contributed by atoms with Gasteiger partial charge in [0.15, 0.2) is 12.4 Å². The van der Waals surface area contributed by atoms with Gasteiger partial charge in [-0.2, -0.15) is 0 Å². The van der Waals surface area contributed by atoms with Crippen LogP contribution in [-0.4, -0.2) is 39.8 Å². The van der Waals surface area contributed by atoms with Gasteiger partial charge in [0.25, 0.3) is 5.91 Å². The summed E-state index contributed by atoms with van der Waals surface area (Å²) in [6, 6.07) is 12.6. The SMILES string of the molecule is CCN1C(=O)COc2ccc(C(=O)Cn3nnc4ccccc43)cc21. The van der Waals surface area contributed by atoms with Gasteiger partial charge in [0.05, 0.1) is 11.2 Å². The van der Waals surface area contributed by atoms with Crippen LogP contribution in [0.3, 0.4) is 0 Å². The molecular weight excluding hydrogens is 320 g/mol. The molecular formula is C18H16N4O3. The topological polar surface area (TPSA) is 77.3 Å². The van der Waals surface area contributed by atoms with E-state index in [0.717, 1.165) is 11.0 Å². The minimum Gasteiger partial charge on any atom is -0.482 e. The number of nitrogens with zero attached hydrogens (tertiary/aromatic N) is 4. The Balaban J connectivity index is 1.65. The maximum atomic E-state index is 12.7. The van der Waals surface area contributed by atoms with Gasteiger partial charge in [-0.15, -0.1) is 5.10 Å². The number of carbonyl (C=O) groups excluding carboxylic acids is 2. The van der Waals surface area contributed by atoms with Crippen molar-refractivity contribution < 1.29 is 14.3 Å². The summed E-state index contributed by atoms with van der Waals surface area (Å²) < 4.78 is 7.02. The van der Waals surface area contributed by atoms with Crippen LogP contribution in [0.25, 0.3) is 11.0 Å². The van der Waals surface area contributed by atoms with Gasteiger partial charge in [-0.3, -0.25) is 9.59 Å². The number of Topliss-reactive ketones (excluding diaryl/α,β-unsaturated/α-hetero) is 1. The molecule has 1 amide bonds. The number of amides is 1. The number of benzene rings is 2. The fourth-order valence-electron chi connectivity index (χ4n) is 2.98. The Morgan fingerprint density at radius 3 is 2.92 bits per heavy atom. The van der Waals surface area contributed by atoms with E-state index in [4.69, 9.17) is 4.74 Å². The summed E-state index contributed by atoms with van der Waals surface area (Å²) in [6.45, 7) is 2.53. The first-order valence-electron chi connectivity index (χ1n) is 8.06. The molecule has 7 heteroatoms. The molecule has 4 rings (SSSR count). The zero-order valence-electron chi connectivity index (χ0n) is 13.7. The van der Waals surface area contributed by atoms with Crippen molar-refractivity contribution in [2.24, 2.45) is 0 Å². The smallest absolute Gasteiger partial charge is 0.265 e. The molecule has 0 atom stereocenters. The Morgan fingerprint density at radius 1 is 1.24 bits per heavy atom. The molecule has 2 heterocycles. The standard InChI is InChI=1S/C18H16N4O3/c1-2-21-15-9-12(7-8-17(15)25-11-18(21)24)16(23)10-22-14-6-4-3-5-13(14)19-20-22/h3-9H,2,10-11H2,1H3. The van der Waals surface area contributed by atoms with E-state index in [1.54, 1.807) is 27.8 Å². The Kier molecular flexibility index (Phi) is 3.68. The second-order valence-electron chi connectivity index (χ2n) is 5.77. The molecule has 0 fully saturated rings. The second kappa shape index (κ2) is 6.01. The summed E-state index contributed by atoms with van der Waals surface area (Å²) >= 11 is 0. The van der Waals surface area contributed by atoms with E-state index in [1.807, 2.05) is 31.2 Å². The summed E-state index contributed by atoms with van der Waals surface area (Å²) in [5.41, 5.74) is 2.70. The van der Waals surface area contributed by atoms with Gasteiger partial charge in [-0.1, -0.05) is 17.3 Å². The van der Waals surface area contributed by atoms with Crippen molar-refractivity contribution >= 4 is 28.4 Å². The van der Waals surface area contributed by atoms with Gasteiger partial charge < -0.3 is 9.64 Å². The quantitative estimate of drug-likeness (QED) is 0.682. The molecule has 0 aliphatic carbocycles. The predicted octanol–water partition coefficient (Wildman–Crippen LogP) is 2.06. The number of fused-ring (bicyclic) bond motifs is 2. The lowest BCUT2D eigenvalue weighted by Crippen LogP contribution is -2.38. The van der Waals surface area contributed by atoms with E-state index in [-0.39, 0.29) is 24.8 Å². The van der Waals surface area contributed by atoms with Gasteiger partial charge in [0.1, 0.15) is 17.8 Å². The maximum absolute atomic E-state index is 12.7. The van der Waals surface area contributed by atoms with E-state index >= 15 is 0 Å². The van der Waals surface area contributed by atoms with Crippen molar-refractivity contribution in [3.05, 3.63) is 48.0 Å². The third-order valence-electron chi connectivity index (χ3n) is 4.25. The van der Waals surface area contributed by atoms with Crippen molar-refractivity contribution in [3.63, 3.8) is 0 Å². The minimum absolute atomic E-state index is 0.0269. The molecule has 25 heavy (non-hydrogen) atoms. The Morgan fingerprint density at radius 2 is 2.08 bits per heavy atom. The van der Waals surface area contributed by atoms with Gasteiger partial charge >= 0.3 is 0 Å². The number of para-hydroxylation sites is 1. The van der Waals surface area contributed by atoms with Gasteiger partial charge in [0, 0.05) is 12.1 Å². The molecule has 0 saturated heterocycles. The first-order chi connectivity index (χ1) is 12.2. The molecule has 0 spiro atoms. The first kappa shape index (κ1) is 15.3. The summed E-state index contributed by atoms with van der Waals surface area (Å²) in [4.78, 5) is 26.3. The second-order valence-corrected chi connectivity index (χ2v) is 5.77. The molecule has 2 aromatic carbocycles. The molecule has 7 nitrogen and oxygen atoms in total. The van der Waals surface area contributed by atoms with E-state index in [0.29, 0.717) is 23.5 Å². The number of anilines is 1. The fraction of sp³-hybridized carbons (Fsp3) is 0.222. The van der Waals surface area contributed by atoms with Crippen molar-refractivity contribution in [2.75, 3.05) is 18.1 Å². The van der Waals surface area contributed by atoms with E-state index in [2.05, 4.69) is 10.3 Å². The van der Waals surface area contributed by atoms with Crippen molar-refractivity contribution in [2.45, 2.75) is 13.5 Å². The van der Waals surface area contributed by atoms with E-state index in [9.17, 15) is 9.59 Å². The largest absolute Gasteiger partial charge is 0.482 e. The number of carbonyl (C=O) groups is 2. The van der Waals surface area contributed by atoms with Crippen LogP contribution in [0.15, 0.2) is 42.5 Å². The molecule has 1 aliphatic heterocycles. The average molecular weight is 336 g/mol. The molecule has 126 valence electrons. The van der Waals surface area contributed by atoms with Crippen LogP contribution >= 0.6 is 0 Å². The summed E-state index contributed by atoms with van der Waals surface area (Å²) in [6.07, 6.45) is 0. The van der Waals surface area contributed by atoms with Crippen LogP contribution in [0.5, 0.6) is 5.75 Å². The van der Waals surface area contributed by atoms with Crippen LogP contribution in [-0.2, 0) is 11.3 Å². The van der Waals surface area contributed by atoms with Crippen LogP contribution in [0.4, 0.5) is 5.69 Å². The Labute approximate surface area is 143 Å². The number of hydrogen-bond acceptors (Lipinski definition) is 5. The van der Waals surface area contributed by atoms with Crippen LogP contribution in [0.1, 0.15) is 17.3 Å². The maximum Gasteiger partial charge on any atom is 0.265 e. The summed E-state index contributed by atoms with van der Waals surface area (Å²) in [5.74, 6) is 0.401. The molecule has 1 aliphatic rings. The van der Waals surface area contributed by atoms with Crippen LogP contribution in [0.2, 0.25) is 0 Å². The third kappa shape index (κ3) is 2.63. The van der Waals surface area contributed by atoms with E-state index in [1.165, 1.54) is 0 Å². The monoisotopic (exact) mass is 336 g/mol. The number of rotatable bonds is 4. The fourth-order valence-corrected chi connectivity index (χ4v) is 2.98. The minimum atomic E-state index is -0.109. The zero-order chi connectivity index (χ0) is 17.4. The molecule has 3 aromatic rings. The zero-order valence-corrected chi connectivity index (χ0v) is 13.7. The number of likely N-dealkylation sites (N-methyl/N-ethyl adjacent to an activating group) is 1. The molecule has 0 bridgehead atoms. The highest BCUT2D eigenvalue weighted by molar-refractivity contribution is 6.02. The van der Waals surface area contributed by atoms with Crippen molar-refractivity contribution in [3.8, 4) is 5.75 Å². The first-order valence-corrected chi connectivity index (χ1v) is 8.06. The summed E-state index contributed by atoms with van der Waals surface area (Å²) in [5, 5.41) is 8.11. The lowest BCUT2D eigenvalue weighted by Gasteiger charge is -2.28. The van der Waals surface area contributed by atoms with Crippen molar-refractivity contribution in [1.82, 2.24) is 15.0 Å². The number of ketones is 1. The molecule has 1 aromatic heterocycles. The summed E-state index contributed by atoms with van der Waals surface area (Å²) in [7, 11) is 0. The Hall–Kier alpha value is -3.22. The number of ether oxygens (including phenoxy) is 1. The molecule has 0 unspecified atom stereocenters. The molecule has 0 radical (unpaired) electrons. The normalized spacial score (nSPS) is 13.6.